The summed E-state index contributed by atoms with van der Waals surface area (Å²) in [5.41, 5.74) is 4.24. The predicted octanol–water partition coefficient (Wildman–Crippen LogP) is 4.01. The normalized spacial score (nSPS) is 10.8. The molecular weight excluding hydrogens is 282 g/mol. The number of halogens is 1. The molecule has 0 aliphatic carbocycles. The van der Waals surface area contributed by atoms with Crippen molar-refractivity contribution in [2.75, 3.05) is 11.9 Å². The minimum absolute atomic E-state index is 0.418. The van der Waals surface area contributed by atoms with Crippen molar-refractivity contribution < 1.29 is 0 Å². The van der Waals surface area contributed by atoms with Gasteiger partial charge in [0.15, 0.2) is 0 Å². The van der Waals surface area contributed by atoms with E-state index in [0.29, 0.717) is 5.88 Å². The number of aromatic nitrogens is 2. The highest BCUT2D eigenvalue weighted by Crippen LogP contribution is 2.27. The second-order valence-electron chi connectivity index (χ2n) is 5.00. The molecule has 2 heterocycles. The van der Waals surface area contributed by atoms with E-state index < -0.39 is 0 Å². The number of benzene rings is 1. The number of pyridine rings is 2. The second-order valence-corrected chi connectivity index (χ2v) is 5.26. The summed E-state index contributed by atoms with van der Waals surface area (Å²) >= 11 is 5.97. The van der Waals surface area contributed by atoms with E-state index in [1.807, 2.05) is 42.7 Å². The van der Waals surface area contributed by atoms with Gasteiger partial charge in [0.2, 0.25) is 0 Å². The van der Waals surface area contributed by atoms with Crippen molar-refractivity contribution >= 4 is 28.2 Å². The molecule has 0 amide bonds. The van der Waals surface area contributed by atoms with Gasteiger partial charge < -0.3 is 4.90 Å². The molecule has 2 aromatic heterocycles. The van der Waals surface area contributed by atoms with Gasteiger partial charge in [0.25, 0.3) is 0 Å². The topological polar surface area (TPSA) is 29.0 Å². The first-order chi connectivity index (χ1) is 10.3. The summed E-state index contributed by atoms with van der Waals surface area (Å²) in [6.45, 7) is 0.818. The first-order valence-corrected chi connectivity index (χ1v) is 7.36. The minimum Gasteiger partial charge on any atom is -0.370 e. The monoisotopic (exact) mass is 297 g/mol. The fourth-order valence-corrected chi connectivity index (χ4v) is 2.58. The van der Waals surface area contributed by atoms with Crippen molar-refractivity contribution in [2.45, 2.75) is 12.4 Å². The molecule has 1 aromatic carbocycles. The van der Waals surface area contributed by atoms with E-state index >= 15 is 0 Å². The number of anilines is 1. The van der Waals surface area contributed by atoms with Gasteiger partial charge in [0.1, 0.15) is 0 Å². The van der Waals surface area contributed by atoms with Gasteiger partial charge in [-0.1, -0.05) is 18.2 Å². The number of rotatable bonds is 4. The Labute approximate surface area is 129 Å². The van der Waals surface area contributed by atoms with Crippen LogP contribution in [0.2, 0.25) is 0 Å². The molecule has 0 N–H and O–H groups in total. The molecular formula is C17H16ClN3. The number of para-hydroxylation sites is 1. The van der Waals surface area contributed by atoms with Crippen LogP contribution in [0.1, 0.15) is 11.3 Å². The third-order valence-corrected chi connectivity index (χ3v) is 3.74. The number of fused-ring (bicyclic) bond motifs is 1. The zero-order chi connectivity index (χ0) is 14.7. The molecule has 0 radical (unpaired) electrons. The number of hydrogen-bond donors (Lipinski definition) is 0. The van der Waals surface area contributed by atoms with Crippen molar-refractivity contribution in [1.82, 2.24) is 9.97 Å². The third kappa shape index (κ3) is 2.98. The highest BCUT2D eigenvalue weighted by molar-refractivity contribution is 6.17. The molecule has 3 rings (SSSR count). The van der Waals surface area contributed by atoms with Crippen LogP contribution in [0.15, 0.2) is 54.9 Å². The molecule has 0 aliphatic rings. The smallest absolute Gasteiger partial charge is 0.0726 e. The zero-order valence-corrected chi connectivity index (χ0v) is 12.6. The summed E-state index contributed by atoms with van der Waals surface area (Å²) in [4.78, 5) is 10.8. The summed E-state index contributed by atoms with van der Waals surface area (Å²) in [5, 5.41) is 1.14. The number of nitrogens with zero attached hydrogens (tertiary/aromatic N) is 3. The lowest BCUT2D eigenvalue weighted by Crippen LogP contribution is -2.17. The molecule has 4 heteroatoms. The maximum absolute atomic E-state index is 5.97. The van der Waals surface area contributed by atoms with E-state index in [1.165, 1.54) is 5.56 Å². The average molecular weight is 298 g/mol. The largest absolute Gasteiger partial charge is 0.370 e. The van der Waals surface area contributed by atoms with Gasteiger partial charge in [-0.25, -0.2) is 0 Å². The van der Waals surface area contributed by atoms with E-state index in [-0.39, 0.29) is 0 Å². The Hall–Kier alpha value is -2.13. The first-order valence-electron chi connectivity index (χ1n) is 6.82. The van der Waals surface area contributed by atoms with E-state index in [1.54, 1.807) is 0 Å². The summed E-state index contributed by atoms with van der Waals surface area (Å²) in [7, 11) is 2.08. The van der Waals surface area contributed by atoms with Crippen LogP contribution in [0.5, 0.6) is 0 Å². The second kappa shape index (κ2) is 6.10. The number of alkyl halides is 1. The summed E-state index contributed by atoms with van der Waals surface area (Å²) < 4.78 is 0. The lowest BCUT2D eigenvalue weighted by atomic mass is 10.1. The fourth-order valence-electron chi connectivity index (χ4n) is 2.44. The van der Waals surface area contributed by atoms with Crippen molar-refractivity contribution in [3.05, 3.63) is 66.1 Å². The first kappa shape index (κ1) is 13.8. The SMILES string of the molecule is CN(Cc1ccncc1)c1cc(CCl)nc2ccccc12. The van der Waals surface area contributed by atoms with E-state index in [9.17, 15) is 0 Å². The molecule has 0 bridgehead atoms. The molecule has 0 aliphatic heterocycles. The molecule has 3 nitrogen and oxygen atoms in total. The quantitative estimate of drug-likeness (QED) is 0.682. The summed E-state index contributed by atoms with van der Waals surface area (Å²) in [6.07, 6.45) is 3.63. The highest BCUT2D eigenvalue weighted by Gasteiger charge is 2.09. The Balaban J connectivity index is 2.02. The lowest BCUT2D eigenvalue weighted by molar-refractivity contribution is 0.921. The van der Waals surface area contributed by atoms with Gasteiger partial charge in [0.05, 0.1) is 17.1 Å². The Kier molecular flexibility index (Phi) is 4.02. The molecule has 3 aromatic rings. The van der Waals surface area contributed by atoms with Gasteiger partial charge in [-0.2, -0.15) is 0 Å². The molecule has 0 spiro atoms. The van der Waals surface area contributed by atoms with Gasteiger partial charge in [-0.05, 0) is 29.8 Å². The lowest BCUT2D eigenvalue weighted by Gasteiger charge is -2.22. The van der Waals surface area contributed by atoms with Crippen LogP contribution in [0.4, 0.5) is 5.69 Å². The molecule has 106 valence electrons. The molecule has 0 fully saturated rings. The van der Waals surface area contributed by atoms with E-state index in [2.05, 4.69) is 34.0 Å². The maximum Gasteiger partial charge on any atom is 0.0726 e. The molecule has 0 atom stereocenters. The van der Waals surface area contributed by atoms with Crippen LogP contribution in [0.3, 0.4) is 0 Å². The minimum atomic E-state index is 0.418. The molecule has 0 unspecified atom stereocenters. The Morgan fingerprint density at radius 2 is 1.86 bits per heavy atom. The Bertz CT molecular complexity index is 743. The average Bonchev–Trinajstić information content (AvgIpc) is 2.54. The van der Waals surface area contributed by atoms with Crippen LogP contribution in [0.25, 0.3) is 10.9 Å². The van der Waals surface area contributed by atoms with Crippen molar-refractivity contribution in [3.63, 3.8) is 0 Å². The van der Waals surface area contributed by atoms with Gasteiger partial charge in [0, 0.05) is 37.1 Å². The Morgan fingerprint density at radius 3 is 2.62 bits per heavy atom. The van der Waals surface area contributed by atoms with Crippen molar-refractivity contribution in [3.8, 4) is 0 Å². The zero-order valence-electron chi connectivity index (χ0n) is 11.8. The van der Waals surface area contributed by atoms with Crippen molar-refractivity contribution in [1.29, 1.82) is 0 Å². The maximum atomic E-state index is 5.97. The fraction of sp³-hybridized carbons (Fsp3) is 0.176. The summed E-state index contributed by atoms with van der Waals surface area (Å²) in [5.74, 6) is 0.418. The van der Waals surface area contributed by atoms with E-state index in [0.717, 1.165) is 28.8 Å². The Morgan fingerprint density at radius 1 is 1.10 bits per heavy atom. The van der Waals surface area contributed by atoms with Crippen LogP contribution in [0, 0.1) is 0 Å². The van der Waals surface area contributed by atoms with Gasteiger partial charge in [-0.15, -0.1) is 11.6 Å². The van der Waals surface area contributed by atoms with E-state index in [4.69, 9.17) is 11.6 Å². The van der Waals surface area contributed by atoms with Gasteiger partial charge in [-0.3, -0.25) is 9.97 Å². The molecule has 21 heavy (non-hydrogen) atoms. The number of hydrogen-bond acceptors (Lipinski definition) is 3. The predicted molar refractivity (Wildman–Crippen MR) is 87.6 cm³/mol. The summed E-state index contributed by atoms with van der Waals surface area (Å²) in [6, 6.07) is 14.3. The van der Waals surface area contributed by atoms with Crippen LogP contribution >= 0.6 is 11.6 Å². The molecule has 0 saturated heterocycles. The van der Waals surface area contributed by atoms with Crippen LogP contribution < -0.4 is 4.90 Å². The van der Waals surface area contributed by atoms with Crippen molar-refractivity contribution in [2.24, 2.45) is 0 Å². The van der Waals surface area contributed by atoms with Gasteiger partial charge >= 0.3 is 0 Å². The highest BCUT2D eigenvalue weighted by atomic mass is 35.5. The third-order valence-electron chi connectivity index (χ3n) is 3.46. The molecule has 0 saturated carbocycles. The van der Waals surface area contributed by atoms with Crippen LogP contribution in [-0.2, 0) is 12.4 Å². The van der Waals surface area contributed by atoms with Crippen LogP contribution in [-0.4, -0.2) is 17.0 Å². The standard InChI is InChI=1S/C17H16ClN3/c1-21(12-13-6-8-19-9-7-13)17-10-14(11-18)20-16-5-3-2-4-15(16)17/h2-10H,11-12H2,1H3.